The monoisotopic (exact) mass is 204 g/mol. The van der Waals surface area contributed by atoms with Gasteiger partial charge in [0.1, 0.15) is 11.6 Å². The van der Waals surface area contributed by atoms with Crippen LogP contribution in [-0.2, 0) is 5.41 Å². The molecule has 0 bridgehead atoms. The number of benzene rings is 1. The summed E-state index contributed by atoms with van der Waals surface area (Å²) < 4.78 is 5.20. The third-order valence-corrected chi connectivity index (χ3v) is 3.23. The predicted octanol–water partition coefficient (Wildman–Crippen LogP) is 1.97. The lowest BCUT2D eigenvalue weighted by molar-refractivity contribution is 0.414. The molecule has 1 aromatic carbocycles. The molecule has 80 valence electrons. The zero-order valence-corrected chi connectivity index (χ0v) is 9.13. The minimum absolute atomic E-state index is 0.196. The Hall–Kier alpha value is -1.51. The second kappa shape index (κ2) is 3.26. The molecule has 3 heteroatoms. The van der Waals surface area contributed by atoms with E-state index in [4.69, 9.17) is 15.9 Å². The van der Waals surface area contributed by atoms with Gasteiger partial charge in [-0.15, -0.1) is 0 Å². The van der Waals surface area contributed by atoms with Crippen LogP contribution in [0.1, 0.15) is 24.0 Å². The maximum absolute atomic E-state index is 7.66. The molecule has 0 unspecified atom stereocenters. The van der Waals surface area contributed by atoms with Gasteiger partial charge >= 0.3 is 0 Å². The fraction of sp³-hybridized carbons (Fsp3) is 0.417. The normalized spacial score (nSPS) is 17.2. The van der Waals surface area contributed by atoms with Gasteiger partial charge in [-0.25, -0.2) is 0 Å². The van der Waals surface area contributed by atoms with Gasteiger partial charge in [0.25, 0.3) is 0 Å². The molecule has 2 rings (SSSR count). The Kier molecular flexibility index (Phi) is 2.18. The van der Waals surface area contributed by atoms with E-state index in [-0.39, 0.29) is 11.3 Å². The van der Waals surface area contributed by atoms with E-state index in [1.165, 1.54) is 5.56 Å². The Morgan fingerprint density at radius 2 is 2.13 bits per heavy atom. The highest BCUT2D eigenvalue weighted by Crippen LogP contribution is 2.49. The van der Waals surface area contributed by atoms with Crippen molar-refractivity contribution in [2.75, 3.05) is 7.11 Å². The highest BCUT2D eigenvalue weighted by molar-refractivity contribution is 5.92. The van der Waals surface area contributed by atoms with Crippen LogP contribution in [-0.4, -0.2) is 12.9 Å². The van der Waals surface area contributed by atoms with Crippen molar-refractivity contribution in [3.8, 4) is 5.75 Å². The van der Waals surface area contributed by atoms with Crippen LogP contribution in [0.3, 0.4) is 0 Å². The van der Waals surface area contributed by atoms with Gasteiger partial charge in [-0.1, -0.05) is 6.07 Å². The number of methoxy groups -OCH3 is 1. The van der Waals surface area contributed by atoms with Crippen LogP contribution in [0.4, 0.5) is 0 Å². The van der Waals surface area contributed by atoms with Crippen molar-refractivity contribution in [1.29, 1.82) is 5.41 Å². The zero-order chi connectivity index (χ0) is 11.1. The van der Waals surface area contributed by atoms with E-state index in [9.17, 15) is 0 Å². The summed E-state index contributed by atoms with van der Waals surface area (Å²) in [6, 6.07) is 5.97. The molecule has 0 aromatic heterocycles. The maximum Gasteiger partial charge on any atom is 0.119 e. The molecule has 0 amide bonds. The number of amidine groups is 1. The lowest BCUT2D eigenvalue weighted by Gasteiger charge is -2.17. The summed E-state index contributed by atoms with van der Waals surface area (Å²) in [6.07, 6.45) is 1.96. The molecule has 1 aromatic rings. The Morgan fingerprint density at radius 3 is 2.60 bits per heavy atom. The van der Waals surface area contributed by atoms with Gasteiger partial charge in [-0.2, -0.15) is 0 Å². The lowest BCUT2D eigenvalue weighted by atomic mass is 9.91. The molecular formula is C12H16N2O. The van der Waals surface area contributed by atoms with Gasteiger partial charge in [-0.05, 0) is 43.0 Å². The quantitative estimate of drug-likeness (QED) is 0.584. The number of nitrogens with two attached hydrogens (primary N) is 1. The van der Waals surface area contributed by atoms with Crippen molar-refractivity contribution in [3.63, 3.8) is 0 Å². The topological polar surface area (TPSA) is 59.1 Å². The number of hydrogen-bond donors (Lipinski definition) is 2. The van der Waals surface area contributed by atoms with Crippen LogP contribution < -0.4 is 10.5 Å². The van der Waals surface area contributed by atoms with Gasteiger partial charge in [0.15, 0.2) is 0 Å². The van der Waals surface area contributed by atoms with Crippen molar-refractivity contribution >= 4 is 5.84 Å². The van der Waals surface area contributed by atoms with Crippen molar-refractivity contribution in [1.82, 2.24) is 0 Å². The van der Waals surface area contributed by atoms with Crippen LogP contribution in [0.5, 0.6) is 5.75 Å². The van der Waals surface area contributed by atoms with Crippen molar-refractivity contribution < 1.29 is 4.74 Å². The summed E-state index contributed by atoms with van der Waals surface area (Å²) in [5.41, 5.74) is 7.80. The van der Waals surface area contributed by atoms with Gasteiger partial charge < -0.3 is 10.5 Å². The van der Waals surface area contributed by atoms with Crippen LogP contribution >= 0.6 is 0 Å². The molecule has 1 aliphatic rings. The van der Waals surface area contributed by atoms with E-state index < -0.39 is 0 Å². The molecule has 1 saturated carbocycles. The first-order valence-electron chi connectivity index (χ1n) is 5.10. The molecule has 0 aliphatic heterocycles. The van der Waals surface area contributed by atoms with Crippen molar-refractivity contribution in [2.45, 2.75) is 25.2 Å². The molecule has 3 N–H and O–H groups in total. The SMILES string of the molecule is COc1ccc(C)c(C2(C(=N)N)CC2)c1. The fourth-order valence-electron chi connectivity index (χ4n) is 2.05. The Labute approximate surface area is 89.8 Å². The highest BCUT2D eigenvalue weighted by atomic mass is 16.5. The summed E-state index contributed by atoms with van der Waals surface area (Å²) in [6.45, 7) is 2.05. The zero-order valence-electron chi connectivity index (χ0n) is 9.13. The first-order valence-corrected chi connectivity index (χ1v) is 5.10. The molecule has 0 spiro atoms. The number of rotatable bonds is 3. The van der Waals surface area contributed by atoms with Crippen LogP contribution in [0.2, 0.25) is 0 Å². The molecule has 0 atom stereocenters. The molecule has 1 aliphatic carbocycles. The Bertz CT molecular complexity index is 408. The van der Waals surface area contributed by atoms with Gasteiger partial charge in [-0.3, -0.25) is 5.41 Å². The number of hydrogen-bond acceptors (Lipinski definition) is 2. The first kappa shape index (κ1) is 10.0. The molecule has 0 saturated heterocycles. The van der Waals surface area contributed by atoms with E-state index in [0.717, 1.165) is 24.2 Å². The first-order chi connectivity index (χ1) is 7.10. The van der Waals surface area contributed by atoms with Crippen LogP contribution in [0.15, 0.2) is 18.2 Å². The summed E-state index contributed by atoms with van der Waals surface area (Å²) in [4.78, 5) is 0. The van der Waals surface area contributed by atoms with E-state index >= 15 is 0 Å². The second-order valence-electron chi connectivity index (χ2n) is 4.18. The molecule has 15 heavy (non-hydrogen) atoms. The average Bonchev–Trinajstić information content (AvgIpc) is 2.99. The van der Waals surface area contributed by atoms with E-state index in [0.29, 0.717) is 0 Å². The van der Waals surface area contributed by atoms with Crippen LogP contribution in [0.25, 0.3) is 0 Å². The third kappa shape index (κ3) is 1.48. The van der Waals surface area contributed by atoms with Crippen molar-refractivity contribution in [2.24, 2.45) is 5.73 Å². The summed E-state index contributed by atoms with van der Waals surface area (Å²) in [5.74, 6) is 1.11. The average molecular weight is 204 g/mol. The third-order valence-electron chi connectivity index (χ3n) is 3.23. The van der Waals surface area contributed by atoms with E-state index in [1.807, 2.05) is 18.2 Å². The van der Waals surface area contributed by atoms with E-state index in [1.54, 1.807) is 7.11 Å². The minimum atomic E-state index is -0.196. The fourth-order valence-corrected chi connectivity index (χ4v) is 2.05. The molecule has 3 nitrogen and oxygen atoms in total. The standard InChI is InChI=1S/C12H16N2O/c1-8-3-4-9(15-2)7-10(8)12(5-6-12)11(13)14/h3-4,7H,5-6H2,1-2H3,(H3,13,14). The van der Waals surface area contributed by atoms with Gasteiger partial charge in [0.05, 0.1) is 12.5 Å². The Balaban J connectivity index is 2.47. The summed E-state index contributed by atoms with van der Waals surface area (Å²) in [7, 11) is 1.65. The van der Waals surface area contributed by atoms with Crippen LogP contribution in [0, 0.1) is 12.3 Å². The molecular weight excluding hydrogens is 188 g/mol. The largest absolute Gasteiger partial charge is 0.497 e. The van der Waals surface area contributed by atoms with E-state index in [2.05, 4.69) is 6.92 Å². The smallest absolute Gasteiger partial charge is 0.119 e. The highest BCUT2D eigenvalue weighted by Gasteiger charge is 2.48. The minimum Gasteiger partial charge on any atom is -0.497 e. The Morgan fingerprint density at radius 1 is 1.47 bits per heavy atom. The number of ether oxygens (including phenoxy) is 1. The molecule has 0 radical (unpaired) electrons. The van der Waals surface area contributed by atoms with Gasteiger partial charge in [0, 0.05) is 0 Å². The number of aryl methyl sites for hydroxylation is 1. The predicted molar refractivity (Wildman–Crippen MR) is 60.6 cm³/mol. The van der Waals surface area contributed by atoms with Gasteiger partial charge in [0.2, 0.25) is 0 Å². The molecule has 0 heterocycles. The number of nitrogens with one attached hydrogen (secondary N) is 1. The summed E-state index contributed by atoms with van der Waals surface area (Å²) in [5, 5.41) is 7.66. The lowest BCUT2D eigenvalue weighted by Crippen LogP contribution is -2.28. The van der Waals surface area contributed by atoms with Crippen molar-refractivity contribution in [3.05, 3.63) is 29.3 Å². The second-order valence-corrected chi connectivity index (χ2v) is 4.18. The summed E-state index contributed by atoms with van der Waals surface area (Å²) >= 11 is 0. The maximum atomic E-state index is 7.66. The molecule has 1 fully saturated rings.